The Balaban J connectivity index is 4.96. The molecule has 0 radical (unpaired) electrons. The maximum absolute atomic E-state index is 12.6. The maximum atomic E-state index is 12.6. The summed E-state index contributed by atoms with van der Waals surface area (Å²) in [5.41, 5.74) is 5.14. The highest BCUT2D eigenvalue weighted by Crippen LogP contribution is 2.12. The van der Waals surface area contributed by atoms with Crippen LogP contribution < -0.4 is 11.1 Å². The molecule has 0 bridgehead atoms. The third-order valence-corrected chi connectivity index (χ3v) is 3.88. The van der Waals surface area contributed by atoms with E-state index in [1.165, 1.54) is 0 Å². The number of hydrogen-bond donors (Lipinski definition) is 3. The monoisotopic (exact) mass is 305 g/mol. The van der Waals surface area contributed by atoms with Gasteiger partial charge in [-0.15, -0.1) is 0 Å². The van der Waals surface area contributed by atoms with E-state index in [0.717, 1.165) is 18.6 Å². The van der Waals surface area contributed by atoms with Crippen LogP contribution in [0.1, 0.15) is 33.1 Å². The fourth-order valence-corrected chi connectivity index (χ4v) is 2.65. The van der Waals surface area contributed by atoms with Crippen LogP contribution in [-0.2, 0) is 4.79 Å². The van der Waals surface area contributed by atoms with E-state index in [-0.39, 0.29) is 25.1 Å². The van der Waals surface area contributed by atoms with Crippen LogP contribution in [0.5, 0.6) is 0 Å². The summed E-state index contributed by atoms with van der Waals surface area (Å²) in [5, 5.41) is 11.7. The van der Waals surface area contributed by atoms with E-state index < -0.39 is 12.1 Å². The second kappa shape index (κ2) is 10.8. The van der Waals surface area contributed by atoms with Crippen molar-refractivity contribution in [1.82, 2.24) is 10.2 Å². The van der Waals surface area contributed by atoms with Crippen molar-refractivity contribution >= 4 is 23.7 Å². The van der Waals surface area contributed by atoms with Crippen LogP contribution in [0.3, 0.4) is 0 Å². The van der Waals surface area contributed by atoms with Gasteiger partial charge in [-0.05, 0) is 31.3 Å². The van der Waals surface area contributed by atoms with Crippen molar-refractivity contribution in [3.8, 4) is 0 Å². The van der Waals surface area contributed by atoms with Gasteiger partial charge in [0, 0.05) is 12.6 Å². The first-order valence-corrected chi connectivity index (χ1v) is 8.37. The van der Waals surface area contributed by atoms with Crippen molar-refractivity contribution < 1.29 is 14.7 Å². The van der Waals surface area contributed by atoms with Gasteiger partial charge in [-0.3, -0.25) is 4.79 Å². The molecule has 20 heavy (non-hydrogen) atoms. The van der Waals surface area contributed by atoms with Crippen molar-refractivity contribution in [1.29, 1.82) is 0 Å². The number of nitrogens with two attached hydrogens (primary N) is 1. The molecule has 0 aromatic rings. The molecule has 0 aliphatic carbocycles. The minimum absolute atomic E-state index is 0.0705. The van der Waals surface area contributed by atoms with Gasteiger partial charge in [0.2, 0.25) is 5.91 Å². The van der Waals surface area contributed by atoms with Gasteiger partial charge < -0.3 is 21.1 Å². The zero-order valence-electron chi connectivity index (χ0n) is 12.6. The predicted molar refractivity (Wildman–Crippen MR) is 82.7 cm³/mol. The van der Waals surface area contributed by atoms with Crippen molar-refractivity contribution in [2.45, 2.75) is 45.2 Å². The predicted octanol–water partition coefficient (Wildman–Crippen LogP) is 0.786. The molecule has 0 fully saturated rings. The van der Waals surface area contributed by atoms with Gasteiger partial charge in [-0.25, -0.2) is 4.79 Å². The number of primary amides is 1. The third-order valence-electron chi connectivity index (χ3n) is 3.23. The molecule has 0 saturated heterocycles. The van der Waals surface area contributed by atoms with Crippen molar-refractivity contribution in [3.63, 3.8) is 0 Å². The molecule has 7 heteroatoms. The highest BCUT2D eigenvalue weighted by Gasteiger charge is 2.28. The fraction of sp³-hybridized carbons (Fsp3) is 0.846. The number of amides is 3. The Morgan fingerprint density at radius 3 is 2.35 bits per heavy atom. The minimum Gasteiger partial charge on any atom is -0.395 e. The van der Waals surface area contributed by atoms with E-state index in [2.05, 4.69) is 5.32 Å². The van der Waals surface area contributed by atoms with Gasteiger partial charge >= 0.3 is 6.03 Å². The molecular formula is C13H27N3O3S. The van der Waals surface area contributed by atoms with E-state index in [9.17, 15) is 9.59 Å². The van der Waals surface area contributed by atoms with Gasteiger partial charge in [0.15, 0.2) is 0 Å². The number of hydrogen-bond acceptors (Lipinski definition) is 4. The van der Waals surface area contributed by atoms with Gasteiger partial charge in [0.1, 0.15) is 6.04 Å². The minimum atomic E-state index is -0.696. The quantitative estimate of drug-likeness (QED) is 0.556. The topological polar surface area (TPSA) is 95.7 Å². The molecule has 0 spiro atoms. The molecule has 0 aliphatic rings. The molecule has 0 aromatic heterocycles. The lowest BCUT2D eigenvalue weighted by atomic mass is 10.1. The number of aliphatic hydroxyl groups is 1. The second-order valence-corrected chi connectivity index (χ2v) is 5.55. The van der Waals surface area contributed by atoms with Gasteiger partial charge in [-0.1, -0.05) is 13.8 Å². The van der Waals surface area contributed by atoms with Crippen LogP contribution in [0, 0.1) is 0 Å². The smallest absolute Gasteiger partial charge is 0.312 e. The molecule has 0 rings (SSSR count). The Morgan fingerprint density at radius 2 is 1.95 bits per heavy atom. The lowest BCUT2D eigenvalue weighted by molar-refractivity contribution is -0.136. The summed E-state index contributed by atoms with van der Waals surface area (Å²) < 4.78 is 0. The van der Waals surface area contributed by atoms with Crippen LogP contribution in [0.2, 0.25) is 0 Å². The van der Waals surface area contributed by atoms with Gasteiger partial charge in [0.05, 0.1) is 6.61 Å². The van der Waals surface area contributed by atoms with Crippen molar-refractivity contribution in [2.75, 3.05) is 25.2 Å². The number of rotatable bonds is 10. The van der Waals surface area contributed by atoms with Crippen molar-refractivity contribution in [3.05, 3.63) is 0 Å². The Bertz CT molecular complexity index is 299. The van der Waals surface area contributed by atoms with Crippen LogP contribution in [0.25, 0.3) is 0 Å². The number of thioether (sulfide) groups is 1. The summed E-state index contributed by atoms with van der Waals surface area (Å²) in [6.45, 7) is 4.20. The molecule has 0 aromatic carbocycles. The molecule has 1 atom stereocenters. The second-order valence-electron chi connectivity index (χ2n) is 4.57. The van der Waals surface area contributed by atoms with E-state index >= 15 is 0 Å². The third kappa shape index (κ3) is 6.47. The average molecular weight is 305 g/mol. The molecule has 0 saturated carbocycles. The molecule has 1 unspecified atom stereocenters. The molecule has 0 aliphatic heterocycles. The zero-order valence-corrected chi connectivity index (χ0v) is 13.4. The number of carbonyl (C=O) groups is 2. The molecule has 0 heterocycles. The van der Waals surface area contributed by atoms with Crippen LogP contribution in [0.15, 0.2) is 0 Å². The first-order chi connectivity index (χ1) is 9.51. The Morgan fingerprint density at radius 1 is 1.35 bits per heavy atom. The summed E-state index contributed by atoms with van der Waals surface area (Å²) in [6, 6.07) is -1.24. The largest absolute Gasteiger partial charge is 0.395 e. The Kier molecular flexibility index (Phi) is 10.3. The Hall–Kier alpha value is -0.950. The molecule has 3 amide bonds. The number of nitrogens with zero attached hydrogens (tertiary/aromatic N) is 1. The average Bonchev–Trinajstić information content (AvgIpc) is 2.42. The number of nitrogens with one attached hydrogen (secondary N) is 1. The summed E-state index contributed by atoms with van der Waals surface area (Å²) in [5.74, 6) is 0.590. The van der Waals surface area contributed by atoms with Crippen LogP contribution in [-0.4, -0.2) is 59.2 Å². The normalized spacial score (nSPS) is 12.2. The molecule has 4 N–H and O–H groups in total. The summed E-state index contributed by atoms with van der Waals surface area (Å²) in [6.07, 6.45) is 4.10. The first kappa shape index (κ1) is 19.1. The van der Waals surface area contributed by atoms with Crippen molar-refractivity contribution in [2.24, 2.45) is 5.73 Å². The van der Waals surface area contributed by atoms with Gasteiger partial charge in [0.25, 0.3) is 0 Å². The lowest BCUT2D eigenvalue weighted by Crippen LogP contribution is -2.53. The molecule has 6 nitrogen and oxygen atoms in total. The molecule has 118 valence electrons. The maximum Gasteiger partial charge on any atom is 0.312 e. The summed E-state index contributed by atoms with van der Waals surface area (Å²) in [4.78, 5) is 25.3. The lowest BCUT2D eigenvalue weighted by Gasteiger charge is -2.33. The standard InChI is InChI=1S/C13H27N3O3S/c1-4-10(5-2)16(7-8-17)12(18)11(6-9-20-3)15-13(14)19/h10-11,17H,4-9H2,1-3H3,(H3,14,15,19). The number of carbonyl (C=O) groups excluding carboxylic acids is 2. The highest BCUT2D eigenvalue weighted by molar-refractivity contribution is 7.98. The van der Waals surface area contributed by atoms with E-state index in [1.807, 2.05) is 20.1 Å². The van der Waals surface area contributed by atoms with E-state index in [4.69, 9.17) is 10.8 Å². The molecular weight excluding hydrogens is 278 g/mol. The van der Waals surface area contributed by atoms with E-state index in [1.54, 1.807) is 16.7 Å². The summed E-state index contributed by atoms with van der Waals surface area (Å²) >= 11 is 1.61. The fourth-order valence-electron chi connectivity index (χ4n) is 2.17. The van der Waals surface area contributed by atoms with Gasteiger partial charge in [-0.2, -0.15) is 11.8 Å². The number of urea groups is 1. The number of aliphatic hydroxyl groups excluding tert-OH is 1. The first-order valence-electron chi connectivity index (χ1n) is 6.97. The SMILES string of the molecule is CCC(CC)N(CCO)C(=O)C(CCSC)NC(N)=O. The van der Waals surface area contributed by atoms with Crippen LogP contribution in [0.4, 0.5) is 4.79 Å². The zero-order chi connectivity index (χ0) is 15.5. The summed E-state index contributed by atoms with van der Waals surface area (Å²) in [7, 11) is 0. The van der Waals surface area contributed by atoms with Crippen LogP contribution >= 0.6 is 11.8 Å². The van der Waals surface area contributed by atoms with E-state index in [0.29, 0.717) is 6.42 Å². The highest BCUT2D eigenvalue weighted by atomic mass is 32.2. The Labute approximate surface area is 125 Å².